The van der Waals surface area contributed by atoms with Crippen LogP contribution in [0, 0.1) is 0 Å². The maximum absolute atomic E-state index is 12.8. The summed E-state index contributed by atoms with van der Waals surface area (Å²) in [7, 11) is 0. The van der Waals surface area contributed by atoms with Gasteiger partial charge in [-0.25, -0.2) is 9.69 Å². The summed E-state index contributed by atoms with van der Waals surface area (Å²) in [6, 6.07) is 26.3. The first-order valence-electron chi connectivity index (χ1n) is 9.74. The lowest BCUT2D eigenvalue weighted by Gasteiger charge is -2.18. The molecule has 4 rings (SSSR count). The second-order valence-corrected chi connectivity index (χ2v) is 6.91. The molecular weight excluding hydrogens is 378 g/mol. The van der Waals surface area contributed by atoms with Crippen LogP contribution in [0.25, 0.3) is 6.08 Å². The molecule has 0 aromatic heterocycles. The second-order valence-electron chi connectivity index (χ2n) is 6.91. The van der Waals surface area contributed by atoms with E-state index in [2.05, 4.69) is 0 Å². The van der Waals surface area contributed by atoms with Crippen molar-refractivity contribution in [1.82, 2.24) is 4.90 Å². The number of nitrogens with zero attached hydrogens (tertiary/aromatic N) is 1. The molecule has 0 aliphatic carbocycles. The van der Waals surface area contributed by atoms with Crippen molar-refractivity contribution in [2.45, 2.75) is 12.5 Å². The summed E-state index contributed by atoms with van der Waals surface area (Å²) in [6.45, 7) is 0.195. The molecule has 3 aromatic carbocycles. The highest BCUT2D eigenvalue weighted by Crippen LogP contribution is 2.26. The van der Waals surface area contributed by atoms with Crippen molar-refractivity contribution in [3.8, 4) is 11.5 Å². The molecule has 0 bridgehead atoms. The lowest BCUT2D eigenvalue weighted by molar-refractivity contribution is -0.124. The Kier molecular flexibility index (Phi) is 5.90. The summed E-state index contributed by atoms with van der Waals surface area (Å²) in [5.41, 5.74) is 1.78. The van der Waals surface area contributed by atoms with Gasteiger partial charge in [-0.3, -0.25) is 4.79 Å². The summed E-state index contributed by atoms with van der Waals surface area (Å²) in [5.74, 6) is 0.918. The van der Waals surface area contributed by atoms with Crippen LogP contribution in [-0.2, 0) is 16.0 Å². The molecule has 1 fully saturated rings. The Hall–Kier alpha value is -3.86. The molecule has 0 spiro atoms. The highest BCUT2D eigenvalue weighted by Gasteiger charge is 2.36. The van der Waals surface area contributed by atoms with E-state index in [0.29, 0.717) is 17.9 Å². The Morgan fingerprint density at radius 2 is 1.63 bits per heavy atom. The first kappa shape index (κ1) is 19.5. The fourth-order valence-electron chi connectivity index (χ4n) is 3.33. The second kappa shape index (κ2) is 9.09. The van der Waals surface area contributed by atoms with Crippen LogP contribution in [0.5, 0.6) is 11.5 Å². The van der Waals surface area contributed by atoms with Gasteiger partial charge < -0.3 is 9.47 Å². The number of hydrogen-bond acceptors (Lipinski definition) is 4. The number of ether oxygens (including phenoxy) is 2. The van der Waals surface area contributed by atoms with Crippen LogP contribution in [0.4, 0.5) is 4.79 Å². The summed E-state index contributed by atoms with van der Waals surface area (Å²) < 4.78 is 11.1. The Morgan fingerprint density at radius 1 is 0.967 bits per heavy atom. The molecule has 1 saturated heterocycles. The van der Waals surface area contributed by atoms with Gasteiger partial charge >= 0.3 is 6.09 Å². The SMILES string of the molecule is O=C(/C=C/c1ccccc1Oc1ccccc1)N1C(=O)OCC1Cc1ccccc1. The van der Waals surface area contributed by atoms with Crippen LogP contribution in [0.2, 0.25) is 0 Å². The van der Waals surface area contributed by atoms with E-state index >= 15 is 0 Å². The van der Waals surface area contributed by atoms with Gasteiger partial charge in [-0.05, 0) is 36.3 Å². The quantitative estimate of drug-likeness (QED) is 0.542. The van der Waals surface area contributed by atoms with Gasteiger partial charge in [-0.2, -0.15) is 0 Å². The molecule has 5 heteroatoms. The summed E-state index contributed by atoms with van der Waals surface area (Å²) in [4.78, 5) is 26.1. The minimum Gasteiger partial charge on any atom is -0.457 e. The maximum atomic E-state index is 12.8. The predicted octanol–water partition coefficient (Wildman–Crippen LogP) is 5.08. The number of hydrogen-bond donors (Lipinski definition) is 0. The average molecular weight is 399 g/mol. The van der Waals surface area contributed by atoms with Crippen LogP contribution in [-0.4, -0.2) is 29.5 Å². The zero-order valence-electron chi connectivity index (χ0n) is 16.3. The van der Waals surface area contributed by atoms with Crippen molar-refractivity contribution in [3.05, 3.63) is 102 Å². The number of amides is 2. The fourth-order valence-corrected chi connectivity index (χ4v) is 3.33. The molecule has 5 nitrogen and oxygen atoms in total. The van der Waals surface area contributed by atoms with E-state index in [1.54, 1.807) is 6.08 Å². The zero-order valence-corrected chi connectivity index (χ0v) is 16.3. The first-order valence-corrected chi connectivity index (χ1v) is 9.74. The largest absolute Gasteiger partial charge is 0.457 e. The van der Waals surface area contributed by atoms with Crippen LogP contribution in [0.15, 0.2) is 91.0 Å². The molecule has 2 amide bonds. The molecule has 3 aromatic rings. The topological polar surface area (TPSA) is 55.8 Å². The Morgan fingerprint density at radius 3 is 2.40 bits per heavy atom. The van der Waals surface area contributed by atoms with Crippen molar-refractivity contribution in [1.29, 1.82) is 0 Å². The Bertz CT molecular complexity index is 1050. The van der Waals surface area contributed by atoms with Gasteiger partial charge in [-0.1, -0.05) is 66.7 Å². The highest BCUT2D eigenvalue weighted by molar-refractivity contribution is 6.02. The molecule has 0 N–H and O–H groups in total. The monoisotopic (exact) mass is 399 g/mol. The molecule has 1 unspecified atom stereocenters. The molecule has 1 aliphatic rings. The van der Waals surface area contributed by atoms with E-state index in [0.717, 1.165) is 11.1 Å². The van der Waals surface area contributed by atoms with Crippen LogP contribution in [0.3, 0.4) is 0 Å². The first-order chi connectivity index (χ1) is 14.7. The van der Waals surface area contributed by atoms with Gasteiger partial charge in [0.1, 0.15) is 18.1 Å². The Balaban J connectivity index is 1.49. The fraction of sp³-hybridized carbons (Fsp3) is 0.120. The van der Waals surface area contributed by atoms with Gasteiger partial charge in [0.25, 0.3) is 5.91 Å². The van der Waals surface area contributed by atoms with Gasteiger partial charge in [0.2, 0.25) is 0 Å². The van der Waals surface area contributed by atoms with E-state index < -0.39 is 12.0 Å². The van der Waals surface area contributed by atoms with E-state index in [9.17, 15) is 9.59 Å². The molecule has 0 radical (unpaired) electrons. The van der Waals surface area contributed by atoms with Gasteiger partial charge in [0.15, 0.2) is 0 Å². The van der Waals surface area contributed by atoms with Crippen LogP contribution in [0.1, 0.15) is 11.1 Å². The third-order valence-electron chi connectivity index (χ3n) is 4.81. The van der Waals surface area contributed by atoms with E-state index in [4.69, 9.17) is 9.47 Å². The normalized spacial score (nSPS) is 15.9. The van der Waals surface area contributed by atoms with E-state index in [-0.39, 0.29) is 12.6 Å². The van der Waals surface area contributed by atoms with Crippen molar-refractivity contribution in [3.63, 3.8) is 0 Å². The predicted molar refractivity (Wildman–Crippen MR) is 114 cm³/mol. The lowest BCUT2D eigenvalue weighted by Crippen LogP contribution is -2.39. The number of carbonyl (C=O) groups excluding carboxylic acids is 2. The molecule has 30 heavy (non-hydrogen) atoms. The van der Waals surface area contributed by atoms with Crippen LogP contribution < -0.4 is 4.74 Å². The molecule has 150 valence electrons. The minimum atomic E-state index is -0.612. The number of carbonyl (C=O) groups is 2. The summed E-state index contributed by atoms with van der Waals surface area (Å²) >= 11 is 0. The molecule has 1 aliphatic heterocycles. The molecule has 1 heterocycles. The van der Waals surface area contributed by atoms with Crippen molar-refractivity contribution in [2.75, 3.05) is 6.61 Å². The number of imide groups is 1. The minimum absolute atomic E-state index is 0.195. The van der Waals surface area contributed by atoms with E-state index in [1.165, 1.54) is 11.0 Å². The smallest absolute Gasteiger partial charge is 0.417 e. The van der Waals surface area contributed by atoms with Crippen molar-refractivity contribution >= 4 is 18.1 Å². The zero-order chi connectivity index (χ0) is 20.8. The third-order valence-corrected chi connectivity index (χ3v) is 4.81. The number of para-hydroxylation sites is 2. The lowest BCUT2D eigenvalue weighted by atomic mass is 10.1. The van der Waals surface area contributed by atoms with Crippen LogP contribution >= 0.6 is 0 Å². The van der Waals surface area contributed by atoms with Crippen molar-refractivity contribution < 1.29 is 19.1 Å². The number of benzene rings is 3. The standard InChI is InChI=1S/C25H21NO4/c27-24(26-21(18-29-25(26)28)17-19-9-3-1-4-10-19)16-15-20-11-7-8-14-23(20)30-22-12-5-2-6-13-22/h1-16,21H,17-18H2/b16-15+. The highest BCUT2D eigenvalue weighted by atomic mass is 16.6. The third kappa shape index (κ3) is 4.58. The summed E-state index contributed by atoms with van der Waals surface area (Å²) in [6.07, 6.45) is 2.99. The molecule has 1 atom stereocenters. The van der Waals surface area contributed by atoms with Crippen molar-refractivity contribution in [2.24, 2.45) is 0 Å². The van der Waals surface area contributed by atoms with E-state index in [1.807, 2.05) is 84.9 Å². The van der Waals surface area contributed by atoms with Gasteiger partial charge in [0, 0.05) is 11.6 Å². The van der Waals surface area contributed by atoms with Gasteiger partial charge in [0.05, 0.1) is 6.04 Å². The molecule has 0 saturated carbocycles. The Labute approximate surface area is 175 Å². The van der Waals surface area contributed by atoms with Gasteiger partial charge in [-0.15, -0.1) is 0 Å². The summed E-state index contributed by atoms with van der Waals surface area (Å²) in [5, 5.41) is 0. The number of rotatable bonds is 6. The average Bonchev–Trinajstić information content (AvgIpc) is 3.14. The number of cyclic esters (lactones) is 1. The maximum Gasteiger partial charge on any atom is 0.417 e. The molecular formula is C25H21NO4.